The average molecular weight is 229 g/mol. The lowest BCUT2D eigenvalue weighted by Crippen LogP contribution is -2.36. The van der Waals surface area contributed by atoms with E-state index in [1.54, 1.807) is 7.05 Å². The zero-order chi connectivity index (χ0) is 12.1. The van der Waals surface area contributed by atoms with Crippen molar-refractivity contribution in [2.75, 3.05) is 14.2 Å². The molecule has 0 radical (unpaired) electrons. The van der Waals surface area contributed by atoms with Gasteiger partial charge in [-0.3, -0.25) is 4.79 Å². The molecule has 16 heavy (non-hydrogen) atoms. The molecule has 1 atom stereocenters. The molecule has 1 N–H and O–H groups in total. The summed E-state index contributed by atoms with van der Waals surface area (Å²) in [5.41, 5.74) is 0.405. The van der Waals surface area contributed by atoms with E-state index in [-0.39, 0.29) is 6.42 Å². The fourth-order valence-corrected chi connectivity index (χ4v) is 1.41. The van der Waals surface area contributed by atoms with Crippen LogP contribution in [0.1, 0.15) is 5.56 Å². The number of carbonyl (C=O) groups excluding carboxylic acids is 1. The number of halogens is 2. The van der Waals surface area contributed by atoms with Crippen LogP contribution in [0.3, 0.4) is 0 Å². The fraction of sp³-hybridized carbons (Fsp3) is 0.364. The van der Waals surface area contributed by atoms with Crippen molar-refractivity contribution in [3.05, 3.63) is 35.4 Å². The Morgan fingerprint density at radius 3 is 2.38 bits per heavy atom. The van der Waals surface area contributed by atoms with Gasteiger partial charge in [0.05, 0.1) is 7.11 Å². The first-order valence-corrected chi connectivity index (χ1v) is 4.77. The maximum Gasteiger partial charge on any atom is 0.323 e. The monoisotopic (exact) mass is 229 g/mol. The van der Waals surface area contributed by atoms with Crippen molar-refractivity contribution in [3.8, 4) is 0 Å². The predicted molar refractivity (Wildman–Crippen MR) is 54.9 cm³/mol. The van der Waals surface area contributed by atoms with Gasteiger partial charge in [-0.25, -0.2) is 8.78 Å². The molecule has 5 heteroatoms. The summed E-state index contributed by atoms with van der Waals surface area (Å²) in [5, 5.41) is 2.72. The largest absolute Gasteiger partial charge is 0.468 e. The summed E-state index contributed by atoms with van der Waals surface area (Å²) in [6.45, 7) is 0. The second kappa shape index (κ2) is 5.55. The molecule has 1 aromatic carbocycles. The Hall–Kier alpha value is -1.49. The molecular formula is C11H13F2NO2. The van der Waals surface area contributed by atoms with Crippen molar-refractivity contribution in [1.29, 1.82) is 0 Å². The highest BCUT2D eigenvalue weighted by atomic mass is 19.1. The molecule has 0 aliphatic rings. The standard InChI is InChI=1S/C11H13F2NO2/c1-14-10(11(15)16-2)5-7-3-8(12)6-9(13)4-7/h3-4,6,10,14H,5H2,1-2H3. The van der Waals surface area contributed by atoms with E-state index in [4.69, 9.17) is 0 Å². The number of likely N-dealkylation sites (N-methyl/N-ethyl adjacent to an activating group) is 1. The highest BCUT2D eigenvalue weighted by molar-refractivity contribution is 5.76. The number of benzene rings is 1. The van der Waals surface area contributed by atoms with Crippen LogP contribution >= 0.6 is 0 Å². The highest BCUT2D eigenvalue weighted by Gasteiger charge is 2.17. The normalized spacial score (nSPS) is 12.2. The Morgan fingerprint density at radius 1 is 1.38 bits per heavy atom. The molecule has 1 unspecified atom stereocenters. The molecule has 1 rings (SSSR count). The van der Waals surface area contributed by atoms with Gasteiger partial charge in [0, 0.05) is 6.07 Å². The zero-order valence-corrected chi connectivity index (χ0v) is 9.09. The van der Waals surface area contributed by atoms with E-state index in [0.717, 1.165) is 6.07 Å². The van der Waals surface area contributed by atoms with Gasteiger partial charge < -0.3 is 10.1 Å². The summed E-state index contributed by atoms with van der Waals surface area (Å²) in [6.07, 6.45) is 0.178. The van der Waals surface area contributed by atoms with Crippen LogP contribution in [0.5, 0.6) is 0 Å². The predicted octanol–water partition coefficient (Wildman–Crippen LogP) is 1.27. The Balaban J connectivity index is 2.81. The van der Waals surface area contributed by atoms with Crippen LogP contribution in [0.15, 0.2) is 18.2 Å². The van der Waals surface area contributed by atoms with Gasteiger partial charge in [0.1, 0.15) is 17.7 Å². The van der Waals surface area contributed by atoms with Crippen LogP contribution in [-0.2, 0) is 16.0 Å². The number of methoxy groups -OCH3 is 1. The van der Waals surface area contributed by atoms with Crippen LogP contribution < -0.4 is 5.32 Å². The summed E-state index contributed by atoms with van der Waals surface area (Å²) < 4.78 is 30.3. The van der Waals surface area contributed by atoms with E-state index >= 15 is 0 Å². The van der Waals surface area contributed by atoms with Crippen LogP contribution in [0.25, 0.3) is 0 Å². The molecule has 88 valence electrons. The number of nitrogens with one attached hydrogen (secondary N) is 1. The molecule has 0 aliphatic heterocycles. The third-order valence-electron chi connectivity index (χ3n) is 2.20. The molecular weight excluding hydrogens is 216 g/mol. The van der Waals surface area contributed by atoms with Crippen molar-refractivity contribution < 1.29 is 18.3 Å². The fourth-order valence-electron chi connectivity index (χ4n) is 1.41. The van der Waals surface area contributed by atoms with E-state index < -0.39 is 23.6 Å². The van der Waals surface area contributed by atoms with Gasteiger partial charge in [0.15, 0.2) is 0 Å². The summed E-state index contributed by atoms with van der Waals surface area (Å²) in [4.78, 5) is 11.2. The lowest BCUT2D eigenvalue weighted by atomic mass is 10.1. The Kier molecular flexibility index (Phi) is 4.37. The van der Waals surface area contributed by atoms with Crippen molar-refractivity contribution in [3.63, 3.8) is 0 Å². The molecule has 0 saturated carbocycles. The SMILES string of the molecule is CNC(Cc1cc(F)cc(F)c1)C(=O)OC. The van der Waals surface area contributed by atoms with Gasteiger partial charge in [-0.1, -0.05) is 0 Å². The van der Waals surface area contributed by atoms with Gasteiger partial charge in [0.25, 0.3) is 0 Å². The average Bonchev–Trinajstić information content (AvgIpc) is 2.23. The maximum absolute atomic E-state index is 12.9. The second-order valence-corrected chi connectivity index (χ2v) is 3.35. The van der Waals surface area contributed by atoms with Crippen LogP contribution in [0, 0.1) is 11.6 Å². The van der Waals surface area contributed by atoms with E-state index in [1.807, 2.05) is 0 Å². The summed E-state index contributed by atoms with van der Waals surface area (Å²) in [6, 6.07) is 2.56. The Morgan fingerprint density at radius 2 is 1.94 bits per heavy atom. The third kappa shape index (κ3) is 3.27. The molecule has 1 aromatic rings. The molecule has 0 spiro atoms. The van der Waals surface area contributed by atoms with E-state index in [9.17, 15) is 13.6 Å². The van der Waals surface area contributed by atoms with Gasteiger partial charge in [-0.15, -0.1) is 0 Å². The second-order valence-electron chi connectivity index (χ2n) is 3.35. The first-order chi connectivity index (χ1) is 7.56. The van der Waals surface area contributed by atoms with E-state index in [0.29, 0.717) is 5.56 Å². The number of ether oxygens (including phenoxy) is 1. The van der Waals surface area contributed by atoms with Crippen LogP contribution in [-0.4, -0.2) is 26.2 Å². The topological polar surface area (TPSA) is 38.3 Å². The highest BCUT2D eigenvalue weighted by Crippen LogP contribution is 2.10. The third-order valence-corrected chi connectivity index (χ3v) is 2.20. The molecule has 0 saturated heterocycles. The summed E-state index contributed by atoms with van der Waals surface area (Å²) >= 11 is 0. The summed E-state index contributed by atoms with van der Waals surface area (Å²) in [7, 11) is 2.84. The molecule has 0 amide bonds. The lowest BCUT2D eigenvalue weighted by molar-refractivity contribution is -0.142. The number of hydrogen-bond acceptors (Lipinski definition) is 3. The summed E-state index contributed by atoms with van der Waals surface area (Å²) in [5.74, 6) is -1.78. The number of rotatable bonds is 4. The van der Waals surface area contributed by atoms with Gasteiger partial charge in [-0.2, -0.15) is 0 Å². The quantitative estimate of drug-likeness (QED) is 0.790. The van der Waals surface area contributed by atoms with Gasteiger partial charge in [-0.05, 0) is 31.2 Å². The van der Waals surface area contributed by atoms with Gasteiger partial charge >= 0.3 is 5.97 Å². The minimum atomic E-state index is -0.658. The van der Waals surface area contributed by atoms with Crippen molar-refractivity contribution in [2.24, 2.45) is 0 Å². The number of hydrogen-bond donors (Lipinski definition) is 1. The van der Waals surface area contributed by atoms with E-state index in [1.165, 1.54) is 19.2 Å². The minimum absolute atomic E-state index is 0.178. The maximum atomic E-state index is 12.9. The van der Waals surface area contributed by atoms with Crippen LogP contribution in [0.4, 0.5) is 8.78 Å². The Labute approximate surface area is 92.4 Å². The van der Waals surface area contributed by atoms with Crippen molar-refractivity contribution in [1.82, 2.24) is 5.32 Å². The van der Waals surface area contributed by atoms with E-state index in [2.05, 4.69) is 10.1 Å². The van der Waals surface area contributed by atoms with Gasteiger partial charge in [0.2, 0.25) is 0 Å². The first kappa shape index (κ1) is 12.6. The number of carbonyl (C=O) groups is 1. The molecule has 0 bridgehead atoms. The smallest absolute Gasteiger partial charge is 0.323 e. The van der Waals surface area contributed by atoms with Crippen LogP contribution in [0.2, 0.25) is 0 Å². The zero-order valence-electron chi connectivity index (χ0n) is 9.09. The molecule has 0 heterocycles. The van der Waals surface area contributed by atoms with Crippen molar-refractivity contribution >= 4 is 5.97 Å². The first-order valence-electron chi connectivity index (χ1n) is 4.77. The molecule has 3 nitrogen and oxygen atoms in total. The van der Waals surface area contributed by atoms with Crippen molar-refractivity contribution in [2.45, 2.75) is 12.5 Å². The molecule has 0 fully saturated rings. The molecule has 0 aliphatic carbocycles. The Bertz CT molecular complexity index is 362. The molecule has 0 aromatic heterocycles. The lowest BCUT2D eigenvalue weighted by Gasteiger charge is -2.13. The minimum Gasteiger partial charge on any atom is -0.468 e. The number of esters is 1.